The molecule has 3 rings (SSSR count). The van der Waals surface area contributed by atoms with Crippen LogP contribution in [0.2, 0.25) is 5.02 Å². The highest BCUT2D eigenvalue weighted by Gasteiger charge is 2.34. The first-order valence-electron chi connectivity index (χ1n) is 9.22. The van der Waals surface area contributed by atoms with Gasteiger partial charge in [-0.25, -0.2) is 13.2 Å². The van der Waals surface area contributed by atoms with Crippen LogP contribution in [-0.4, -0.2) is 46.3 Å². The number of ether oxygens (including phenoxy) is 1. The predicted molar refractivity (Wildman–Crippen MR) is 118 cm³/mol. The molecule has 0 saturated heterocycles. The van der Waals surface area contributed by atoms with Gasteiger partial charge in [-0.15, -0.1) is 12.4 Å². The van der Waals surface area contributed by atoms with Gasteiger partial charge in [-0.05, 0) is 48.7 Å². The Balaban J connectivity index is 0.00000320. The molecule has 0 amide bonds. The Morgan fingerprint density at radius 3 is 2.67 bits per heavy atom. The van der Waals surface area contributed by atoms with Crippen LogP contribution in [0.25, 0.3) is 0 Å². The van der Waals surface area contributed by atoms with Gasteiger partial charge in [0, 0.05) is 18.7 Å². The van der Waals surface area contributed by atoms with Crippen molar-refractivity contribution in [2.75, 3.05) is 31.1 Å². The van der Waals surface area contributed by atoms with Crippen LogP contribution in [0.4, 0.5) is 5.69 Å². The SMILES string of the molecule is CN1c2ccccc2C(NCCCCOCC(=O)O)c2ccc(Cl)cc2S1(=O)=O.Cl. The molecule has 30 heavy (non-hydrogen) atoms. The van der Waals surface area contributed by atoms with E-state index in [0.29, 0.717) is 35.8 Å². The lowest BCUT2D eigenvalue weighted by molar-refractivity contribution is -0.142. The summed E-state index contributed by atoms with van der Waals surface area (Å²) in [6, 6.07) is 12.0. The smallest absolute Gasteiger partial charge is 0.329 e. The number of benzene rings is 2. The van der Waals surface area contributed by atoms with Gasteiger partial charge in [-0.3, -0.25) is 4.31 Å². The van der Waals surface area contributed by atoms with Crippen molar-refractivity contribution in [3.05, 3.63) is 58.6 Å². The number of rotatable bonds is 8. The minimum absolute atomic E-state index is 0. The summed E-state index contributed by atoms with van der Waals surface area (Å²) in [7, 11) is -2.20. The Labute approximate surface area is 187 Å². The van der Waals surface area contributed by atoms with Gasteiger partial charge in [0.15, 0.2) is 0 Å². The summed E-state index contributed by atoms with van der Waals surface area (Å²) in [5.74, 6) is -0.987. The third kappa shape index (κ3) is 5.25. The van der Waals surface area contributed by atoms with Crippen molar-refractivity contribution in [2.45, 2.75) is 23.8 Å². The summed E-state index contributed by atoms with van der Waals surface area (Å²) in [4.78, 5) is 10.7. The highest BCUT2D eigenvalue weighted by atomic mass is 35.5. The average Bonchev–Trinajstić information content (AvgIpc) is 2.75. The van der Waals surface area contributed by atoms with E-state index in [4.69, 9.17) is 21.4 Å². The predicted octanol–water partition coefficient (Wildman–Crippen LogP) is 3.46. The molecule has 1 heterocycles. The second-order valence-electron chi connectivity index (χ2n) is 6.75. The van der Waals surface area contributed by atoms with Crippen LogP contribution >= 0.6 is 24.0 Å². The van der Waals surface area contributed by atoms with E-state index in [0.717, 1.165) is 12.0 Å². The molecule has 1 unspecified atom stereocenters. The zero-order valence-electron chi connectivity index (χ0n) is 16.4. The van der Waals surface area contributed by atoms with E-state index < -0.39 is 16.0 Å². The maximum absolute atomic E-state index is 13.2. The van der Waals surface area contributed by atoms with Gasteiger partial charge in [0.2, 0.25) is 0 Å². The third-order valence-corrected chi connectivity index (χ3v) is 6.86. The van der Waals surface area contributed by atoms with Crippen LogP contribution in [0.3, 0.4) is 0 Å². The fourth-order valence-corrected chi connectivity index (χ4v) is 5.10. The van der Waals surface area contributed by atoms with Crippen molar-refractivity contribution in [3.8, 4) is 0 Å². The molecular formula is C20H24Cl2N2O5S. The number of carboxylic acids is 1. The van der Waals surface area contributed by atoms with E-state index in [-0.39, 0.29) is 30.0 Å². The molecule has 0 aromatic heterocycles. The Kier molecular flexibility index (Phi) is 8.52. The number of halogens is 2. The number of aliphatic carboxylic acids is 1. The lowest BCUT2D eigenvalue weighted by Gasteiger charge is -2.22. The second kappa shape index (κ2) is 10.5. The molecule has 0 fully saturated rings. The van der Waals surface area contributed by atoms with Crippen LogP contribution in [0.1, 0.15) is 30.0 Å². The maximum atomic E-state index is 13.2. The number of anilines is 1. The minimum atomic E-state index is -3.74. The standard InChI is InChI=1S/C20H23ClN2O5S.ClH/c1-23-17-7-3-2-6-15(17)20(22-10-4-5-11-28-13-19(24)25)16-9-8-14(21)12-18(16)29(23,26)27;/h2-3,6-9,12,20,22H,4-5,10-11,13H2,1H3,(H,24,25);1H. The number of sulfonamides is 1. The average molecular weight is 475 g/mol. The van der Waals surface area contributed by atoms with E-state index in [1.54, 1.807) is 25.2 Å². The Morgan fingerprint density at radius 1 is 1.20 bits per heavy atom. The molecule has 2 aromatic carbocycles. The van der Waals surface area contributed by atoms with E-state index in [2.05, 4.69) is 5.32 Å². The van der Waals surface area contributed by atoms with Crippen molar-refractivity contribution in [1.82, 2.24) is 5.32 Å². The molecule has 7 nitrogen and oxygen atoms in total. The van der Waals surface area contributed by atoms with Crippen molar-refractivity contribution < 1.29 is 23.1 Å². The van der Waals surface area contributed by atoms with Crippen LogP contribution in [0.15, 0.2) is 47.4 Å². The number of carboxylic acid groups (broad SMARTS) is 1. The summed E-state index contributed by atoms with van der Waals surface area (Å²) in [5.41, 5.74) is 2.12. The molecule has 0 bridgehead atoms. The maximum Gasteiger partial charge on any atom is 0.329 e. The van der Waals surface area contributed by atoms with Gasteiger partial charge in [-0.2, -0.15) is 0 Å². The summed E-state index contributed by atoms with van der Waals surface area (Å²) >= 11 is 6.10. The van der Waals surface area contributed by atoms with Crippen LogP contribution < -0.4 is 9.62 Å². The molecule has 0 saturated carbocycles. The molecule has 1 aliphatic rings. The normalized spacial score (nSPS) is 16.7. The number of hydrogen-bond acceptors (Lipinski definition) is 5. The number of hydrogen-bond donors (Lipinski definition) is 2. The minimum Gasteiger partial charge on any atom is -0.480 e. The Morgan fingerprint density at radius 2 is 1.93 bits per heavy atom. The van der Waals surface area contributed by atoms with E-state index in [1.807, 2.05) is 18.2 Å². The fourth-order valence-electron chi connectivity index (χ4n) is 3.39. The van der Waals surface area contributed by atoms with Crippen molar-refractivity contribution in [2.24, 2.45) is 0 Å². The summed E-state index contributed by atoms with van der Waals surface area (Å²) in [6.07, 6.45) is 1.45. The van der Waals surface area contributed by atoms with Gasteiger partial charge < -0.3 is 15.2 Å². The summed E-state index contributed by atoms with van der Waals surface area (Å²) in [6.45, 7) is 0.668. The van der Waals surface area contributed by atoms with E-state index in [9.17, 15) is 13.2 Å². The zero-order valence-corrected chi connectivity index (χ0v) is 18.8. The van der Waals surface area contributed by atoms with Gasteiger partial charge in [-0.1, -0.05) is 35.9 Å². The van der Waals surface area contributed by atoms with Crippen molar-refractivity contribution >= 4 is 45.7 Å². The lowest BCUT2D eigenvalue weighted by atomic mass is 9.96. The summed E-state index contributed by atoms with van der Waals surface area (Å²) < 4.78 is 32.7. The van der Waals surface area contributed by atoms with Gasteiger partial charge in [0.05, 0.1) is 16.6 Å². The largest absolute Gasteiger partial charge is 0.480 e. The molecular weight excluding hydrogens is 451 g/mol. The number of nitrogens with zero attached hydrogens (tertiary/aromatic N) is 1. The highest BCUT2D eigenvalue weighted by molar-refractivity contribution is 7.92. The Hall–Kier alpha value is -1.84. The van der Waals surface area contributed by atoms with Crippen molar-refractivity contribution in [3.63, 3.8) is 0 Å². The molecule has 164 valence electrons. The first-order chi connectivity index (χ1) is 13.8. The molecule has 0 radical (unpaired) electrons. The Bertz CT molecular complexity index is 1000. The van der Waals surface area contributed by atoms with E-state index >= 15 is 0 Å². The molecule has 1 aliphatic heterocycles. The van der Waals surface area contributed by atoms with Gasteiger partial charge in [0.1, 0.15) is 6.61 Å². The van der Waals surface area contributed by atoms with Gasteiger partial charge in [0.25, 0.3) is 10.0 Å². The first kappa shape index (κ1) is 24.4. The number of unbranched alkanes of at least 4 members (excludes halogenated alkanes) is 1. The van der Waals surface area contributed by atoms with Crippen LogP contribution in [0, 0.1) is 0 Å². The molecule has 1 atom stereocenters. The van der Waals surface area contributed by atoms with Crippen LogP contribution in [0.5, 0.6) is 0 Å². The van der Waals surface area contributed by atoms with E-state index in [1.165, 1.54) is 10.4 Å². The second-order valence-corrected chi connectivity index (χ2v) is 9.13. The van der Waals surface area contributed by atoms with Crippen LogP contribution in [-0.2, 0) is 19.6 Å². The number of nitrogens with one attached hydrogen (secondary N) is 1. The first-order valence-corrected chi connectivity index (χ1v) is 11.0. The van der Waals surface area contributed by atoms with Crippen molar-refractivity contribution in [1.29, 1.82) is 0 Å². The quantitative estimate of drug-likeness (QED) is 0.568. The number of fused-ring (bicyclic) bond motifs is 2. The number of para-hydroxylation sites is 1. The molecule has 0 spiro atoms. The topological polar surface area (TPSA) is 95.9 Å². The lowest BCUT2D eigenvalue weighted by Crippen LogP contribution is -2.26. The van der Waals surface area contributed by atoms with Gasteiger partial charge >= 0.3 is 5.97 Å². The monoisotopic (exact) mass is 474 g/mol. The number of carbonyl (C=O) groups is 1. The fraction of sp³-hybridized carbons (Fsp3) is 0.350. The molecule has 2 aromatic rings. The molecule has 0 aliphatic carbocycles. The molecule has 10 heteroatoms. The highest BCUT2D eigenvalue weighted by Crippen LogP contribution is 2.40. The zero-order chi connectivity index (χ0) is 21.0. The molecule has 2 N–H and O–H groups in total. The summed E-state index contributed by atoms with van der Waals surface area (Å²) in [5, 5.41) is 12.4. The third-order valence-electron chi connectivity index (χ3n) is 4.80.